The predicted octanol–water partition coefficient (Wildman–Crippen LogP) is 7.21. The fourth-order valence-corrected chi connectivity index (χ4v) is 4.78. The van der Waals surface area contributed by atoms with E-state index in [1.807, 2.05) is 115 Å². The number of benzene rings is 4. The van der Waals surface area contributed by atoms with Gasteiger partial charge in [0.05, 0.1) is 10.8 Å². The minimum absolute atomic E-state index is 0.147. The second-order valence-corrected chi connectivity index (χ2v) is 9.94. The molecule has 38 heavy (non-hydrogen) atoms. The molecule has 5 aromatic rings. The molecule has 6 nitrogen and oxygen atoms in total. The molecule has 0 spiro atoms. The Bertz CT molecular complexity index is 1520. The number of thioether (sulfide) groups is 1. The monoisotopic (exact) mass is 540 g/mol. The minimum Gasteiger partial charge on any atom is -0.489 e. The van der Waals surface area contributed by atoms with E-state index in [-0.39, 0.29) is 11.7 Å². The zero-order chi connectivity index (χ0) is 26.3. The number of ether oxygens (including phenoxy) is 1. The SMILES string of the molecule is Cc1ccc(-n2c(SCC(=O)Nc3ccc(OCc4ccccc4)cc3)nnc2-c2ccccc2Cl)cc1. The van der Waals surface area contributed by atoms with Crippen molar-refractivity contribution in [3.63, 3.8) is 0 Å². The Kier molecular flexibility index (Phi) is 8.06. The third-order valence-corrected chi connectivity index (χ3v) is 7.02. The summed E-state index contributed by atoms with van der Waals surface area (Å²) < 4.78 is 7.75. The molecule has 0 atom stereocenters. The Morgan fingerprint density at radius 2 is 1.61 bits per heavy atom. The zero-order valence-corrected chi connectivity index (χ0v) is 22.2. The van der Waals surface area contributed by atoms with Crippen LogP contribution in [-0.4, -0.2) is 26.4 Å². The first-order valence-electron chi connectivity index (χ1n) is 12.0. The Morgan fingerprint density at radius 1 is 0.895 bits per heavy atom. The summed E-state index contributed by atoms with van der Waals surface area (Å²) in [7, 11) is 0. The lowest BCUT2D eigenvalue weighted by atomic mass is 10.2. The fourth-order valence-electron chi connectivity index (χ4n) is 3.81. The third-order valence-electron chi connectivity index (χ3n) is 5.76. The number of amides is 1. The summed E-state index contributed by atoms with van der Waals surface area (Å²) >= 11 is 7.78. The molecule has 0 aliphatic rings. The molecule has 1 N–H and O–H groups in total. The van der Waals surface area contributed by atoms with Gasteiger partial charge in [0, 0.05) is 16.9 Å². The lowest BCUT2D eigenvalue weighted by Gasteiger charge is -2.12. The van der Waals surface area contributed by atoms with Crippen molar-refractivity contribution in [2.45, 2.75) is 18.7 Å². The van der Waals surface area contributed by atoms with Gasteiger partial charge in [-0.2, -0.15) is 0 Å². The molecule has 0 saturated heterocycles. The number of nitrogens with one attached hydrogen (secondary N) is 1. The maximum absolute atomic E-state index is 12.8. The van der Waals surface area contributed by atoms with Gasteiger partial charge in [0.1, 0.15) is 12.4 Å². The van der Waals surface area contributed by atoms with Crippen molar-refractivity contribution in [2.75, 3.05) is 11.1 Å². The lowest BCUT2D eigenvalue weighted by molar-refractivity contribution is -0.113. The van der Waals surface area contributed by atoms with E-state index in [0.29, 0.717) is 28.3 Å². The Morgan fingerprint density at radius 3 is 2.34 bits per heavy atom. The molecule has 190 valence electrons. The van der Waals surface area contributed by atoms with Crippen LogP contribution < -0.4 is 10.1 Å². The van der Waals surface area contributed by atoms with Crippen molar-refractivity contribution in [3.05, 3.63) is 119 Å². The van der Waals surface area contributed by atoms with Crippen LogP contribution in [0.2, 0.25) is 5.02 Å². The van der Waals surface area contributed by atoms with E-state index in [1.54, 1.807) is 0 Å². The molecule has 0 aliphatic carbocycles. The van der Waals surface area contributed by atoms with Crippen LogP contribution in [0.25, 0.3) is 17.1 Å². The van der Waals surface area contributed by atoms with E-state index in [9.17, 15) is 4.79 Å². The normalized spacial score (nSPS) is 10.8. The molecule has 4 aromatic carbocycles. The second kappa shape index (κ2) is 12.0. The highest BCUT2D eigenvalue weighted by atomic mass is 35.5. The van der Waals surface area contributed by atoms with Crippen LogP contribution in [0.3, 0.4) is 0 Å². The van der Waals surface area contributed by atoms with E-state index in [1.165, 1.54) is 11.8 Å². The summed E-state index contributed by atoms with van der Waals surface area (Å²) in [5, 5.41) is 12.9. The highest BCUT2D eigenvalue weighted by Gasteiger charge is 2.19. The summed E-state index contributed by atoms with van der Waals surface area (Å²) in [4.78, 5) is 12.8. The first-order valence-corrected chi connectivity index (χ1v) is 13.4. The quantitative estimate of drug-likeness (QED) is 0.200. The molecule has 0 radical (unpaired) electrons. The number of carbonyl (C=O) groups is 1. The van der Waals surface area contributed by atoms with Crippen molar-refractivity contribution < 1.29 is 9.53 Å². The molecule has 0 fully saturated rings. The van der Waals surface area contributed by atoms with Gasteiger partial charge < -0.3 is 10.1 Å². The molecule has 5 rings (SSSR count). The number of aromatic nitrogens is 3. The van der Waals surface area contributed by atoms with Gasteiger partial charge in [0.15, 0.2) is 11.0 Å². The smallest absolute Gasteiger partial charge is 0.234 e. The van der Waals surface area contributed by atoms with Gasteiger partial charge in [-0.3, -0.25) is 9.36 Å². The van der Waals surface area contributed by atoms with Gasteiger partial charge in [-0.05, 0) is 61.0 Å². The zero-order valence-electron chi connectivity index (χ0n) is 20.7. The number of hydrogen-bond donors (Lipinski definition) is 1. The fraction of sp³-hybridized carbons (Fsp3) is 0.100. The van der Waals surface area contributed by atoms with E-state index in [2.05, 4.69) is 15.5 Å². The topological polar surface area (TPSA) is 69.0 Å². The lowest BCUT2D eigenvalue weighted by Crippen LogP contribution is -2.14. The Hall–Kier alpha value is -4.07. The molecule has 0 aliphatic heterocycles. The summed E-state index contributed by atoms with van der Waals surface area (Å²) in [5.74, 6) is 1.37. The number of rotatable bonds is 9. The maximum atomic E-state index is 12.8. The van der Waals surface area contributed by atoms with Crippen molar-refractivity contribution in [1.82, 2.24) is 14.8 Å². The van der Waals surface area contributed by atoms with Gasteiger partial charge in [-0.25, -0.2) is 0 Å². The first-order chi connectivity index (χ1) is 18.6. The predicted molar refractivity (Wildman–Crippen MR) is 153 cm³/mol. The number of nitrogens with zero attached hydrogens (tertiary/aromatic N) is 3. The number of anilines is 1. The molecule has 0 unspecified atom stereocenters. The first kappa shape index (κ1) is 25.6. The standard InChI is InChI=1S/C30H25ClN4O2S/c1-21-11-15-24(16-12-21)35-29(26-9-5-6-10-27(26)31)33-34-30(35)38-20-28(36)32-23-13-17-25(18-14-23)37-19-22-7-3-2-4-8-22/h2-18H,19-20H2,1H3,(H,32,36). The Labute approximate surface area is 230 Å². The number of hydrogen-bond acceptors (Lipinski definition) is 5. The van der Waals surface area contributed by atoms with Crippen LogP contribution in [0.15, 0.2) is 108 Å². The van der Waals surface area contributed by atoms with Gasteiger partial charge in [0.25, 0.3) is 0 Å². The van der Waals surface area contributed by atoms with Crippen LogP contribution in [0.1, 0.15) is 11.1 Å². The van der Waals surface area contributed by atoms with Crippen molar-refractivity contribution in [1.29, 1.82) is 0 Å². The van der Waals surface area contributed by atoms with Gasteiger partial charge in [0.2, 0.25) is 5.91 Å². The van der Waals surface area contributed by atoms with E-state index in [4.69, 9.17) is 16.3 Å². The summed E-state index contributed by atoms with van der Waals surface area (Å²) in [5.41, 5.74) is 4.60. The average Bonchev–Trinajstić information content (AvgIpc) is 3.36. The average molecular weight is 541 g/mol. The van der Waals surface area contributed by atoms with Crippen LogP contribution in [-0.2, 0) is 11.4 Å². The molecule has 0 saturated carbocycles. The van der Waals surface area contributed by atoms with Crippen molar-refractivity contribution in [3.8, 4) is 22.8 Å². The van der Waals surface area contributed by atoms with Crippen molar-refractivity contribution in [2.24, 2.45) is 0 Å². The Balaban J connectivity index is 1.26. The minimum atomic E-state index is -0.147. The van der Waals surface area contributed by atoms with Crippen LogP contribution >= 0.6 is 23.4 Å². The highest BCUT2D eigenvalue weighted by Crippen LogP contribution is 2.32. The van der Waals surface area contributed by atoms with E-state index < -0.39 is 0 Å². The highest BCUT2D eigenvalue weighted by molar-refractivity contribution is 7.99. The molecular formula is C30H25ClN4O2S. The largest absolute Gasteiger partial charge is 0.489 e. The maximum Gasteiger partial charge on any atom is 0.234 e. The van der Waals surface area contributed by atoms with E-state index in [0.717, 1.165) is 28.1 Å². The van der Waals surface area contributed by atoms with Gasteiger partial charge in [-0.1, -0.05) is 83.5 Å². The van der Waals surface area contributed by atoms with Crippen LogP contribution in [0, 0.1) is 6.92 Å². The number of halogens is 1. The molecule has 1 aromatic heterocycles. The summed E-state index contributed by atoms with van der Waals surface area (Å²) in [6, 6.07) is 32.9. The number of carbonyl (C=O) groups excluding carboxylic acids is 1. The van der Waals surface area contributed by atoms with Gasteiger partial charge >= 0.3 is 0 Å². The molecule has 1 amide bonds. The number of aryl methyl sites for hydroxylation is 1. The van der Waals surface area contributed by atoms with Crippen molar-refractivity contribution >= 4 is 35.0 Å². The summed E-state index contributed by atoms with van der Waals surface area (Å²) in [6.07, 6.45) is 0. The molecule has 1 heterocycles. The molecular weight excluding hydrogens is 516 g/mol. The van der Waals surface area contributed by atoms with Crippen LogP contribution in [0.4, 0.5) is 5.69 Å². The molecule has 8 heteroatoms. The summed E-state index contributed by atoms with van der Waals surface area (Å²) in [6.45, 7) is 2.52. The molecule has 0 bridgehead atoms. The van der Waals surface area contributed by atoms with E-state index >= 15 is 0 Å². The second-order valence-electron chi connectivity index (χ2n) is 8.59. The third kappa shape index (κ3) is 6.25. The van der Waals surface area contributed by atoms with Crippen LogP contribution in [0.5, 0.6) is 5.75 Å². The van der Waals surface area contributed by atoms with Gasteiger partial charge in [-0.15, -0.1) is 10.2 Å².